The lowest BCUT2D eigenvalue weighted by Crippen LogP contribution is -2.58. The number of hydrogen-bond acceptors (Lipinski definition) is 7. The summed E-state index contributed by atoms with van der Waals surface area (Å²) in [6, 6.07) is 2.15. The van der Waals surface area contributed by atoms with Gasteiger partial charge in [0.25, 0.3) is 5.56 Å². The molecule has 0 saturated carbocycles. The summed E-state index contributed by atoms with van der Waals surface area (Å²) in [5, 5.41) is 22.5. The maximum Gasteiger partial charge on any atom is 0.276 e. The van der Waals surface area contributed by atoms with E-state index in [1.807, 2.05) is 27.7 Å². The molecule has 3 atom stereocenters. The molecule has 2 aromatic heterocycles. The van der Waals surface area contributed by atoms with Gasteiger partial charge in [0.2, 0.25) is 5.91 Å². The van der Waals surface area contributed by atoms with Gasteiger partial charge in [-0.25, -0.2) is 18.2 Å². The third-order valence-corrected chi connectivity index (χ3v) is 9.18. The highest BCUT2D eigenvalue weighted by Crippen LogP contribution is 2.43. The SMILES string of the molecule is C=CC(=O)N1[C@H](C)CN(c2c(C#N)c(=O)n(C3=C(C)C=CN[C@@H]3C(C)C)c3nc(-c4c(F)c(O)c(Cl)c(F)c4F)c(Cl)cc23)C[C@@H]1C. The van der Waals surface area contributed by atoms with Crippen molar-refractivity contribution in [3.05, 3.63) is 80.0 Å². The molecule has 1 fully saturated rings. The van der Waals surface area contributed by atoms with E-state index in [0.717, 1.165) is 0 Å². The lowest BCUT2D eigenvalue weighted by atomic mass is 9.94. The zero-order valence-corrected chi connectivity index (χ0v) is 27.6. The number of aromatic hydroxyl groups is 1. The number of phenolic OH excluding ortho intramolecular Hbond substituents is 1. The summed E-state index contributed by atoms with van der Waals surface area (Å²) in [5.41, 5.74) is -1.58. The van der Waals surface area contributed by atoms with Crippen molar-refractivity contribution < 1.29 is 23.1 Å². The van der Waals surface area contributed by atoms with Crippen LogP contribution in [0.25, 0.3) is 28.0 Å². The molecule has 0 spiro atoms. The van der Waals surface area contributed by atoms with Gasteiger partial charge in [0, 0.05) is 30.6 Å². The van der Waals surface area contributed by atoms with E-state index in [-0.39, 0.29) is 64.3 Å². The van der Waals surface area contributed by atoms with Crippen molar-refractivity contribution in [3.8, 4) is 23.1 Å². The fraction of sp³-hybridized carbons (Fsp3) is 0.333. The van der Waals surface area contributed by atoms with Crippen molar-refractivity contribution >= 4 is 51.5 Å². The number of halogens is 5. The number of anilines is 1. The normalized spacial score (nSPS) is 19.7. The van der Waals surface area contributed by atoms with E-state index in [9.17, 15) is 24.3 Å². The molecule has 2 N–H and O–H groups in total. The molecule has 0 bridgehead atoms. The minimum Gasteiger partial charge on any atom is -0.504 e. The van der Waals surface area contributed by atoms with Gasteiger partial charge in [0.05, 0.1) is 33.7 Å². The standard InChI is InChI=1S/C33H31Cl2F3N6O3/c1-7-21(45)43-16(5)12-42(13-17(43)6)30-18-10-20(34)28(22-24(36)26(38)23(35)31(46)25(22)37)41-32(18)44(33(47)19(30)11-39)29-15(4)8-9-40-27(29)14(2)3/h7-10,14,16-17,27,40,46H,1,12-13H2,2-6H3/t16-,17+,27-/m1/s1. The largest absolute Gasteiger partial charge is 0.504 e. The second-order valence-electron chi connectivity index (χ2n) is 12.0. The Labute approximate surface area is 278 Å². The Kier molecular flexibility index (Phi) is 9.10. The Hall–Kier alpha value is -4.47. The van der Waals surface area contributed by atoms with Crippen molar-refractivity contribution in [2.24, 2.45) is 5.92 Å². The summed E-state index contributed by atoms with van der Waals surface area (Å²) >= 11 is 12.2. The summed E-state index contributed by atoms with van der Waals surface area (Å²) in [6.07, 6.45) is 4.67. The van der Waals surface area contributed by atoms with E-state index >= 15 is 8.78 Å². The second-order valence-corrected chi connectivity index (χ2v) is 12.8. The Morgan fingerprint density at radius 1 is 1.19 bits per heavy atom. The highest BCUT2D eigenvalue weighted by Gasteiger charge is 2.37. The molecular weight excluding hydrogens is 656 g/mol. The number of carbonyl (C=O) groups is 1. The smallest absolute Gasteiger partial charge is 0.276 e. The number of nitriles is 1. The maximum atomic E-state index is 15.4. The molecule has 3 aromatic rings. The van der Waals surface area contributed by atoms with Gasteiger partial charge in [-0.2, -0.15) is 5.26 Å². The van der Waals surface area contributed by atoms with Gasteiger partial charge in [-0.3, -0.25) is 14.2 Å². The molecule has 246 valence electrons. The topological polar surface area (TPSA) is 114 Å². The number of nitrogens with one attached hydrogen (secondary N) is 1. The molecule has 14 heteroatoms. The summed E-state index contributed by atoms with van der Waals surface area (Å²) in [5.74, 6) is -6.77. The number of hydrogen-bond donors (Lipinski definition) is 2. The monoisotopic (exact) mass is 686 g/mol. The molecule has 5 rings (SSSR count). The van der Waals surface area contributed by atoms with Crippen molar-refractivity contribution in [1.82, 2.24) is 19.8 Å². The van der Waals surface area contributed by atoms with Crippen LogP contribution in [0.4, 0.5) is 18.9 Å². The molecule has 0 radical (unpaired) electrons. The number of piperazine rings is 1. The zero-order chi connectivity index (χ0) is 34.6. The molecule has 9 nitrogen and oxygen atoms in total. The van der Waals surface area contributed by atoms with Crippen molar-refractivity contribution in [1.29, 1.82) is 5.26 Å². The van der Waals surface area contributed by atoms with Crippen LogP contribution in [-0.2, 0) is 4.79 Å². The van der Waals surface area contributed by atoms with Crippen LogP contribution in [0, 0.1) is 34.7 Å². The number of rotatable bonds is 5. The molecule has 47 heavy (non-hydrogen) atoms. The fourth-order valence-electron chi connectivity index (χ4n) is 6.48. The number of dihydropyridines is 1. The van der Waals surface area contributed by atoms with Crippen LogP contribution in [0.2, 0.25) is 10.0 Å². The third-order valence-electron chi connectivity index (χ3n) is 8.54. The molecular formula is C33H31Cl2F3N6O3. The summed E-state index contributed by atoms with van der Waals surface area (Å²) in [4.78, 5) is 35.1. The Morgan fingerprint density at radius 3 is 2.40 bits per heavy atom. The number of benzene rings is 1. The molecule has 0 aliphatic carbocycles. The van der Waals surface area contributed by atoms with Crippen molar-refractivity contribution in [2.75, 3.05) is 18.0 Å². The predicted octanol–water partition coefficient (Wildman–Crippen LogP) is 6.35. The minimum absolute atomic E-state index is 0.0850. The second kappa shape index (κ2) is 12.6. The van der Waals surface area contributed by atoms with Crippen LogP contribution in [0.3, 0.4) is 0 Å². The number of nitrogens with zero attached hydrogens (tertiary/aromatic N) is 5. The van der Waals surface area contributed by atoms with Gasteiger partial charge < -0.3 is 20.2 Å². The first-order chi connectivity index (χ1) is 22.2. The van der Waals surface area contributed by atoms with Crippen LogP contribution in [0.5, 0.6) is 5.75 Å². The van der Waals surface area contributed by atoms with E-state index in [4.69, 9.17) is 23.2 Å². The molecule has 2 aliphatic heterocycles. The zero-order valence-electron chi connectivity index (χ0n) is 26.1. The summed E-state index contributed by atoms with van der Waals surface area (Å²) in [7, 11) is 0. The molecule has 1 saturated heterocycles. The highest BCUT2D eigenvalue weighted by molar-refractivity contribution is 6.34. The van der Waals surface area contributed by atoms with E-state index in [1.165, 1.54) is 16.7 Å². The quantitative estimate of drug-likeness (QED) is 0.183. The Balaban J connectivity index is 1.92. The molecule has 1 amide bonds. The van der Waals surface area contributed by atoms with Crippen LogP contribution in [0.1, 0.15) is 40.2 Å². The van der Waals surface area contributed by atoms with Gasteiger partial charge in [0.1, 0.15) is 22.3 Å². The van der Waals surface area contributed by atoms with Crippen LogP contribution >= 0.6 is 23.2 Å². The van der Waals surface area contributed by atoms with Gasteiger partial charge >= 0.3 is 0 Å². The van der Waals surface area contributed by atoms with Crippen LogP contribution < -0.4 is 15.8 Å². The minimum atomic E-state index is -1.75. The first-order valence-electron chi connectivity index (χ1n) is 14.7. The molecule has 2 aliphatic rings. The van der Waals surface area contributed by atoms with E-state index in [0.29, 0.717) is 11.3 Å². The lowest BCUT2D eigenvalue weighted by molar-refractivity contribution is -0.130. The highest BCUT2D eigenvalue weighted by atomic mass is 35.5. The van der Waals surface area contributed by atoms with Gasteiger partial charge in [-0.05, 0) is 56.7 Å². The maximum absolute atomic E-state index is 15.4. The number of phenols is 1. The Bertz CT molecular complexity index is 1980. The van der Waals surface area contributed by atoms with E-state index in [2.05, 4.69) is 22.9 Å². The van der Waals surface area contributed by atoms with Gasteiger partial charge in [0.15, 0.2) is 23.2 Å². The molecule has 4 heterocycles. The number of fused-ring (bicyclic) bond motifs is 1. The fourth-order valence-corrected chi connectivity index (χ4v) is 6.89. The van der Waals surface area contributed by atoms with E-state index < -0.39 is 51.1 Å². The van der Waals surface area contributed by atoms with Gasteiger partial charge in [-0.15, -0.1) is 0 Å². The number of pyridine rings is 2. The average molecular weight is 688 g/mol. The average Bonchev–Trinajstić information content (AvgIpc) is 3.02. The number of allylic oxidation sites excluding steroid dienone is 2. The number of amides is 1. The molecule has 1 aromatic carbocycles. The van der Waals surface area contributed by atoms with Crippen molar-refractivity contribution in [3.63, 3.8) is 0 Å². The van der Waals surface area contributed by atoms with Gasteiger partial charge in [-0.1, -0.05) is 43.6 Å². The third kappa shape index (κ3) is 5.41. The summed E-state index contributed by atoms with van der Waals surface area (Å²) in [6.45, 7) is 13.2. The van der Waals surface area contributed by atoms with Crippen LogP contribution in [0.15, 0.2) is 41.4 Å². The first kappa shape index (κ1) is 33.9. The number of aromatic nitrogens is 2. The van der Waals surface area contributed by atoms with Crippen LogP contribution in [-0.4, -0.2) is 56.7 Å². The number of carbonyl (C=O) groups excluding carboxylic acids is 1. The predicted molar refractivity (Wildman–Crippen MR) is 176 cm³/mol. The first-order valence-corrected chi connectivity index (χ1v) is 15.5. The lowest BCUT2D eigenvalue weighted by Gasteiger charge is -2.45. The Morgan fingerprint density at radius 2 is 1.83 bits per heavy atom. The van der Waals surface area contributed by atoms with Crippen molar-refractivity contribution in [2.45, 2.75) is 52.7 Å². The van der Waals surface area contributed by atoms with E-state index in [1.54, 1.807) is 29.0 Å². The summed E-state index contributed by atoms with van der Waals surface area (Å²) < 4.78 is 46.7. The molecule has 0 unspecified atom stereocenters.